The molecule has 0 atom stereocenters. The van der Waals surface area contributed by atoms with Gasteiger partial charge in [-0.25, -0.2) is 0 Å². The van der Waals surface area contributed by atoms with Crippen LogP contribution in [0, 0.1) is 0 Å². The third-order valence-corrected chi connectivity index (χ3v) is 1.72. The number of aliphatic hydroxyl groups excluding tert-OH is 1. The molecule has 15 heavy (non-hydrogen) atoms. The number of aromatic nitrogens is 2. The highest BCUT2D eigenvalue weighted by atomic mass is 16.5. The molecule has 0 aliphatic rings. The lowest BCUT2D eigenvalue weighted by Gasteiger charge is -2.06. The molecular weight excluding hydrogens is 194 g/mol. The summed E-state index contributed by atoms with van der Waals surface area (Å²) in [6.07, 6.45) is 4.87. The predicted octanol–water partition coefficient (Wildman–Crippen LogP) is 1.06. The Morgan fingerprint density at radius 2 is 2.33 bits per heavy atom. The number of rotatable bonds is 7. The van der Waals surface area contributed by atoms with E-state index in [1.807, 2.05) is 0 Å². The van der Waals surface area contributed by atoms with Gasteiger partial charge in [-0.2, -0.15) is 4.98 Å². The number of hydrogen-bond acceptors (Lipinski definition) is 5. The zero-order chi connectivity index (χ0) is 10.9. The van der Waals surface area contributed by atoms with E-state index in [1.54, 1.807) is 12.4 Å². The SMILES string of the molecule is CCCNc1cncc(OCCCO)n1. The van der Waals surface area contributed by atoms with Gasteiger partial charge in [-0.05, 0) is 6.42 Å². The van der Waals surface area contributed by atoms with Gasteiger partial charge in [-0.1, -0.05) is 6.92 Å². The Morgan fingerprint density at radius 3 is 3.07 bits per heavy atom. The molecule has 0 fully saturated rings. The van der Waals surface area contributed by atoms with E-state index < -0.39 is 0 Å². The molecular formula is C10H17N3O2. The van der Waals surface area contributed by atoms with Gasteiger partial charge in [0.2, 0.25) is 5.88 Å². The Morgan fingerprint density at radius 1 is 1.47 bits per heavy atom. The lowest BCUT2D eigenvalue weighted by molar-refractivity contribution is 0.229. The highest BCUT2D eigenvalue weighted by molar-refractivity contribution is 5.32. The van der Waals surface area contributed by atoms with E-state index in [-0.39, 0.29) is 6.61 Å². The van der Waals surface area contributed by atoms with Crippen molar-refractivity contribution >= 4 is 5.82 Å². The Labute approximate surface area is 89.5 Å². The molecule has 0 aromatic carbocycles. The average Bonchev–Trinajstić information content (AvgIpc) is 2.27. The fraction of sp³-hybridized carbons (Fsp3) is 0.600. The molecule has 5 nitrogen and oxygen atoms in total. The fourth-order valence-electron chi connectivity index (χ4n) is 0.997. The van der Waals surface area contributed by atoms with Gasteiger partial charge < -0.3 is 15.2 Å². The molecule has 84 valence electrons. The minimum absolute atomic E-state index is 0.126. The molecule has 1 heterocycles. The predicted molar refractivity (Wildman–Crippen MR) is 58.0 cm³/mol. The van der Waals surface area contributed by atoms with Crippen molar-refractivity contribution in [2.24, 2.45) is 0 Å². The van der Waals surface area contributed by atoms with Crippen LogP contribution in [0.4, 0.5) is 5.82 Å². The summed E-state index contributed by atoms with van der Waals surface area (Å²) in [7, 11) is 0. The first-order valence-corrected chi connectivity index (χ1v) is 5.16. The fourth-order valence-corrected chi connectivity index (χ4v) is 0.997. The first-order valence-electron chi connectivity index (χ1n) is 5.16. The maximum atomic E-state index is 8.59. The summed E-state index contributed by atoms with van der Waals surface area (Å²) in [5.74, 6) is 1.21. The Hall–Kier alpha value is -1.36. The van der Waals surface area contributed by atoms with Crippen molar-refractivity contribution in [3.63, 3.8) is 0 Å². The summed E-state index contributed by atoms with van der Waals surface area (Å²) in [4.78, 5) is 8.21. The van der Waals surface area contributed by atoms with Crippen LogP contribution in [-0.2, 0) is 0 Å². The summed E-state index contributed by atoms with van der Waals surface area (Å²) < 4.78 is 5.29. The molecule has 0 radical (unpaired) electrons. The van der Waals surface area contributed by atoms with Crippen LogP contribution in [0.25, 0.3) is 0 Å². The van der Waals surface area contributed by atoms with E-state index in [9.17, 15) is 0 Å². The van der Waals surface area contributed by atoms with Gasteiger partial charge in [0.1, 0.15) is 5.82 Å². The van der Waals surface area contributed by atoms with E-state index in [0.717, 1.165) is 18.8 Å². The van der Waals surface area contributed by atoms with Crippen molar-refractivity contribution in [3.05, 3.63) is 12.4 Å². The number of ether oxygens (including phenoxy) is 1. The molecule has 0 saturated heterocycles. The second-order valence-electron chi connectivity index (χ2n) is 3.09. The van der Waals surface area contributed by atoms with Crippen LogP contribution in [0.2, 0.25) is 0 Å². The first kappa shape index (κ1) is 11.7. The van der Waals surface area contributed by atoms with E-state index in [1.165, 1.54) is 0 Å². The highest BCUT2D eigenvalue weighted by Crippen LogP contribution is 2.08. The van der Waals surface area contributed by atoms with Crippen LogP contribution in [0.5, 0.6) is 5.88 Å². The van der Waals surface area contributed by atoms with E-state index >= 15 is 0 Å². The lowest BCUT2D eigenvalue weighted by atomic mass is 10.5. The van der Waals surface area contributed by atoms with Crippen LogP contribution in [0.15, 0.2) is 12.4 Å². The Balaban J connectivity index is 2.42. The minimum Gasteiger partial charge on any atom is -0.476 e. The van der Waals surface area contributed by atoms with E-state index in [4.69, 9.17) is 9.84 Å². The van der Waals surface area contributed by atoms with Crippen LogP contribution < -0.4 is 10.1 Å². The monoisotopic (exact) mass is 211 g/mol. The standard InChI is InChI=1S/C10H17N3O2/c1-2-4-12-9-7-11-8-10(13-9)15-6-3-5-14/h7-8,14H,2-6H2,1H3,(H,12,13). The zero-order valence-corrected chi connectivity index (χ0v) is 8.94. The molecule has 2 N–H and O–H groups in total. The molecule has 0 saturated carbocycles. The van der Waals surface area contributed by atoms with Crippen molar-refractivity contribution in [1.29, 1.82) is 0 Å². The summed E-state index contributed by atoms with van der Waals surface area (Å²) in [6.45, 7) is 3.54. The number of hydrogen-bond donors (Lipinski definition) is 2. The largest absolute Gasteiger partial charge is 0.476 e. The second-order valence-corrected chi connectivity index (χ2v) is 3.09. The molecule has 0 amide bonds. The van der Waals surface area contributed by atoms with Crippen molar-refractivity contribution in [1.82, 2.24) is 9.97 Å². The number of aliphatic hydroxyl groups is 1. The van der Waals surface area contributed by atoms with Crippen LogP contribution in [-0.4, -0.2) is 34.8 Å². The summed E-state index contributed by atoms with van der Waals surface area (Å²) in [6, 6.07) is 0. The third-order valence-electron chi connectivity index (χ3n) is 1.72. The summed E-state index contributed by atoms with van der Waals surface area (Å²) in [5, 5.41) is 11.7. The molecule has 1 rings (SSSR count). The average molecular weight is 211 g/mol. The zero-order valence-electron chi connectivity index (χ0n) is 8.94. The van der Waals surface area contributed by atoms with Gasteiger partial charge in [0, 0.05) is 19.6 Å². The van der Waals surface area contributed by atoms with Crippen LogP contribution in [0.1, 0.15) is 19.8 Å². The van der Waals surface area contributed by atoms with Crippen molar-refractivity contribution in [3.8, 4) is 5.88 Å². The van der Waals surface area contributed by atoms with Gasteiger partial charge in [0.25, 0.3) is 0 Å². The molecule has 0 bridgehead atoms. The number of nitrogens with zero attached hydrogens (tertiary/aromatic N) is 2. The minimum atomic E-state index is 0.126. The van der Waals surface area contributed by atoms with Crippen molar-refractivity contribution in [2.75, 3.05) is 25.1 Å². The summed E-state index contributed by atoms with van der Waals surface area (Å²) in [5.41, 5.74) is 0. The highest BCUT2D eigenvalue weighted by Gasteiger charge is 1.98. The maximum Gasteiger partial charge on any atom is 0.234 e. The smallest absolute Gasteiger partial charge is 0.234 e. The van der Waals surface area contributed by atoms with E-state index in [0.29, 0.717) is 18.9 Å². The van der Waals surface area contributed by atoms with Crippen LogP contribution >= 0.6 is 0 Å². The molecule has 0 aliphatic carbocycles. The van der Waals surface area contributed by atoms with E-state index in [2.05, 4.69) is 22.2 Å². The van der Waals surface area contributed by atoms with Gasteiger partial charge in [-0.15, -0.1) is 0 Å². The van der Waals surface area contributed by atoms with Crippen LogP contribution in [0.3, 0.4) is 0 Å². The molecule has 5 heteroatoms. The van der Waals surface area contributed by atoms with Crippen molar-refractivity contribution in [2.45, 2.75) is 19.8 Å². The Bertz CT molecular complexity index is 281. The molecule has 0 unspecified atom stereocenters. The lowest BCUT2D eigenvalue weighted by Crippen LogP contribution is -2.05. The molecule has 0 aliphatic heterocycles. The Kier molecular flexibility index (Phi) is 5.47. The van der Waals surface area contributed by atoms with Gasteiger partial charge >= 0.3 is 0 Å². The van der Waals surface area contributed by atoms with Gasteiger partial charge in [0.05, 0.1) is 19.0 Å². The first-order chi connectivity index (χ1) is 7.36. The van der Waals surface area contributed by atoms with Gasteiger partial charge in [-0.3, -0.25) is 4.98 Å². The molecule has 1 aromatic rings. The van der Waals surface area contributed by atoms with Crippen molar-refractivity contribution < 1.29 is 9.84 Å². The molecule has 1 aromatic heterocycles. The summed E-state index contributed by atoms with van der Waals surface area (Å²) >= 11 is 0. The second kappa shape index (κ2) is 7.00. The topological polar surface area (TPSA) is 67.3 Å². The number of nitrogens with one attached hydrogen (secondary N) is 1. The number of anilines is 1. The third kappa shape index (κ3) is 4.60. The van der Waals surface area contributed by atoms with Gasteiger partial charge in [0.15, 0.2) is 0 Å². The quantitative estimate of drug-likeness (QED) is 0.660. The maximum absolute atomic E-state index is 8.59. The molecule has 0 spiro atoms. The normalized spacial score (nSPS) is 10.0.